The van der Waals surface area contributed by atoms with Crippen LogP contribution in [-0.4, -0.2) is 35.6 Å². The largest absolute Gasteiger partial charge is 0.316 e. The molecule has 0 radical (unpaired) electrons. The van der Waals surface area contributed by atoms with Gasteiger partial charge in [-0.15, -0.1) is 0 Å². The number of hydrogen-bond acceptors (Lipinski definition) is 3. The minimum atomic E-state index is 0.459. The van der Waals surface area contributed by atoms with Crippen molar-refractivity contribution in [1.29, 1.82) is 0 Å². The van der Waals surface area contributed by atoms with E-state index in [1.165, 1.54) is 12.8 Å². The second-order valence-corrected chi connectivity index (χ2v) is 7.02. The van der Waals surface area contributed by atoms with Crippen LogP contribution in [0.25, 0.3) is 0 Å². The predicted molar refractivity (Wildman–Crippen MR) is 90.1 cm³/mol. The molecule has 2 rings (SSSR count). The van der Waals surface area contributed by atoms with Crippen LogP contribution < -0.4 is 5.32 Å². The van der Waals surface area contributed by atoms with Gasteiger partial charge >= 0.3 is 0 Å². The van der Waals surface area contributed by atoms with Crippen molar-refractivity contribution < 1.29 is 0 Å². The number of pyridine rings is 1. The molecule has 0 saturated carbocycles. The Morgan fingerprint density at radius 3 is 2.76 bits per heavy atom. The van der Waals surface area contributed by atoms with Gasteiger partial charge in [0.05, 0.1) is 0 Å². The maximum Gasteiger partial charge on any atom is 0.135 e. The first-order valence-corrected chi connectivity index (χ1v) is 8.49. The molecule has 0 aromatic carbocycles. The van der Waals surface area contributed by atoms with Gasteiger partial charge in [-0.2, -0.15) is 0 Å². The monoisotopic (exact) mass is 329 g/mol. The fraction of sp³-hybridized carbons (Fsp3) is 0.688. The number of halogens is 2. The van der Waals surface area contributed by atoms with Crippen LogP contribution in [0.2, 0.25) is 10.2 Å². The molecule has 1 unspecified atom stereocenters. The minimum absolute atomic E-state index is 0.459. The highest BCUT2D eigenvalue weighted by Crippen LogP contribution is 2.26. The molecule has 1 aromatic heterocycles. The van der Waals surface area contributed by atoms with Crippen molar-refractivity contribution >= 4 is 23.2 Å². The SMILES string of the molecule is Cc1cc(Cl)c(CN(CC2CCCNC2)C(C)C)c(Cl)n1. The van der Waals surface area contributed by atoms with Gasteiger partial charge in [0.1, 0.15) is 5.15 Å². The zero-order valence-corrected chi connectivity index (χ0v) is 14.6. The number of hydrogen-bond donors (Lipinski definition) is 1. The van der Waals surface area contributed by atoms with Crippen LogP contribution in [0.5, 0.6) is 0 Å². The molecule has 1 fully saturated rings. The molecule has 5 heteroatoms. The number of aromatic nitrogens is 1. The van der Waals surface area contributed by atoms with Gasteiger partial charge in [0.15, 0.2) is 0 Å². The third-order valence-corrected chi connectivity index (χ3v) is 4.78. The third kappa shape index (κ3) is 4.82. The van der Waals surface area contributed by atoms with E-state index in [-0.39, 0.29) is 0 Å². The molecular weight excluding hydrogens is 305 g/mol. The first kappa shape index (κ1) is 17.0. The Kier molecular flexibility index (Phi) is 6.30. The van der Waals surface area contributed by atoms with Crippen molar-refractivity contribution in [2.45, 2.75) is 46.2 Å². The average Bonchev–Trinajstić information content (AvgIpc) is 2.42. The summed E-state index contributed by atoms with van der Waals surface area (Å²) in [6.07, 6.45) is 2.56. The third-order valence-electron chi connectivity index (χ3n) is 4.13. The van der Waals surface area contributed by atoms with E-state index in [2.05, 4.69) is 29.0 Å². The van der Waals surface area contributed by atoms with Crippen molar-refractivity contribution in [1.82, 2.24) is 15.2 Å². The lowest BCUT2D eigenvalue weighted by Crippen LogP contribution is -2.40. The van der Waals surface area contributed by atoms with Crippen LogP contribution >= 0.6 is 23.2 Å². The van der Waals surface area contributed by atoms with Crippen LogP contribution in [0.15, 0.2) is 6.07 Å². The summed E-state index contributed by atoms with van der Waals surface area (Å²) >= 11 is 12.7. The smallest absolute Gasteiger partial charge is 0.135 e. The highest BCUT2D eigenvalue weighted by atomic mass is 35.5. The maximum absolute atomic E-state index is 6.36. The van der Waals surface area contributed by atoms with Gasteiger partial charge in [0.2, 0.25) is 0 Å². The number of piperidine rings is 1. The van der Waals surface area contributed by atoms with E-state index in [0.717, 1.165) is 42.5 Å². The molecule has 21 heavy (non-hydrogen) atoms. The summed E-state index contributed by atoms with van der Waals surface area (Å²) in [4.78, 5) is 6.78. The second kappa shape index (κ2) is 7.77. The van der Waals surface area contributed by atoms with Gasteiger partial charge < -0.3 is 5.32 Å². The molecule has 0 amide bonds. The van der Waals surface area contributed by atoms with Crippen LogP contribution in [0, 0.1) is 12.8 Å². The predicted octanol–water partition coefficient (Wildman–Crippen LogP) is 3.91. The van der Waals surface area contributed by atoms with E-state index in [9.17, 15) is 0 Å². The highest BCUT2D eigenvalue weighted by Gasteiger charge is 2.21. The minimum Gasteiger partial charge on any atom is -0.316 e. The summed E-state index contributed by atoms with van der Waals surface area (Å²) in [6, 6.07) is 2.35. The number of aryl methyl sites for hydroxylation is 1. The van der Waals surface area contributed by atoms with Gasteiger partial charge in [0.25, 0.3) is 0 Å². The van der Waals surface area contributed by atoms with Gasteiger partial charge in [-0.05, 0) is 58.7 Å². The second-order valence-electron chi connectivity index (χ2n) is 6.25. The molecule has 1 aliphatic heterocycles. The Labute approximate surface area is 138 Å². The van der Waals surface area contributed by atoms with Crippen molar-refractivity contribution in [3.05, 3.63) is 27.5 Å². The maximum atomic E-state index is 6.36. The van der Waals surface area contributed by atoms with E-state index in [0.29, 0.717) is 17.1 Å². The fourth-order valence-electron chi connectivity index (χ4n) is 2.84. The summed E-state index contributed by atoms with van der Waals surface area (Å²) in [7, 11) is 0. The molecule has 1 aliphatic rings. The summed E-state index contributed by atoms with van der Waals surface area (Å²) < 4.78 is 0. The Balaban J connectivity index is 2.09. The standard InChI is InChI=1S/C16H25Cl2N3/c1-11(2)21(9-13-5-4-6-19-8-13)10-14-15(17)7-12(3)20-16(14)18/h7,11,13,19H,4-6,8-10H2,1-3H3. The van der Waals surface area contributed by atoms with Crippen molar-refractivity contribution in [3.8, 4) is 0 Å². The molecule has 0 aliphatic carbocycles. The lowest BCUT2D eigenvalue weighted by Gasteiger charge is -2.33. The van der Waals surface area contributed by atoms with Crippen LogP contribution in [0.1, 0.15) is 37.9 Å². The van der Waals surface area contributed by atoms with Gasteiger partial charge in [-0.3, -0.25) is 4.90 Å². The summed E-state index contributed by atoms with van der Waals surface area (Å²) in [5.74, 6) is 0.706. The van der Waals surface area contributed by atoms with E-state index < -0.39 is 0 Å². The zero-order chi connectivity index (χ0) is 15.4. The molecule has 0 spiro atoms. The molecule has 1 atom stereocenters. The van der Waals surface area contributed by atoms with Crippen LogP contribution in [0.3, 0.4) is 0 Å². The number of nitrogens with zero attached hydrogens (tertiary/aromatic N) is 2. The number of nitrogens with one attached hydrogen (secondary N) is 1. The van der Waals surface area contributed by atoms with Crippen LogP contribution in [0.4, 0.5) is 0 Å². The zero-order valence-electron chi connectivity index (χ0n) is 13.1. The van der Waals surface area contributed by atoms with Gasteiger partial charge in [-0.1, -0.05) is 23.2 Å². The van der Waals surface area contributed by atoms with Crippen molar-refractivity contribution in [3.63, 3.8) is 0 Å². The Hall–Kier alpha value is -0.350. The van der Waals surface area contributed by atoms with E-state index in [1.54, 1.807) is 0 Å². The fourth-order valence-corrected chi connectivity index (χ4v) is 3.49. The highest BCUT2D eigenvalue weighted by molar-refractivity contribution is 6.35. The summed E-state index contributed by atoms with van der Waals surface area (Å²) in [5.41, 5.74) is 1.81. The van der Waals surface area contributed by atoms with Crippen molar-refractivity contribution in [2.75, 3.05) is 19.6 Å². The lowest BCUT2D eigenvalue weighted by atomic mass is 9.98. The topological polar surface area (TPSA) is 28.2 Å². The van der Waals surface area contributed by atoms with E-state index in [4.69, 9.17) is 23.2 Å². The molecule has 2 heterocycles. The normalized spacial score (nSPS) is 19.5. The average molecular weight is 330 g/mol. The Bertz CT molecular complexity index is 448. The molecular formula is C16H25Cl2N3. The Morgan fingerprint density at radius 1 is 1.43 bits per heavy atom. The van der Waals surface area contributed by atoms with Gasteiger partial charge in [0, 0.05) is 35.4 Å². The molecule has 1 saturated heterocycles. The summed E-state index contributed by atoms with van der Waals surface area (Å²) in [6.45, 7) is 10.5. The lowest BCUT2D eigenvalue weighted by molar-refractivity contribution is 0.164. The van der Waals surface area contributed by atoms with Crippen molar-refractivity contribution in [2.24, 2.45) is 5.92 Å². The van der Waals surface area contributed by atoms with Crippen LogP contribution in [-0.2, 0) is 6.54 Å². The molecule has 1 N–H and O–H groups in total. The molecule has 3 nitrogen and oxygen atoms in total. The Morgan fingerprint density at radius 2 is 2.19 bits per heavy atom. The summed E-state index contributed by atoms with van der Waals surface area (Å²) in [5, 5.41) is 4.74. The quantitative estimate of drug-likeness (QED) is 0.830. The van der Waals surface area contributed by atoms with E-state index in [1.807, 2.05) is 13.0 Å². The molecule has 1 aromatic rings. The number of rotatable bonds is 5. The molecule has 0 bridgehead atoms. The first-order valence-electron chi connectivity index (χ1n) is 7.73. The molecule has 118 valence electrons. The first-order chi connectivity index (χ1) is 9.97. The van der Waals surface area contributed by atoms with E-state index >= 15 is 0 Å². The van der Waals surface area contributed by atoms with Gasteiger partial charge in [-0.25, -0.2) is 4.98 Å².